The molecule has 1 saturated heterocycles. The lowest BCUT2D eigenvalue weighted by atomic mass is 10.1. The summed E-state index contributed by atoms with van der Waals surface area (Å²) in [6.45, 7) is 4.05. The van der Waals surface area contributed by atoms with E-state index in [-0.39, 0.29) is 17.5 Å². The van der Waals surface area contributed by atoms with Crippen LogP contribution in [-0.2, 0) is 0 Å². The highest BCUT2D eigenvalue weighted by Crippen LogP contribution is 2.15. The summed E-state index contributed by atoms with van der Waals surface area (Å²) < 4.78 is 5.22. The normalized spacial score (nSPS) is 19.2. The Labute approximate surface area is 116 Å². The number of hydrogen-bond acceptors (Lipinski definition) is 4. The Hall–Kier alpha value is -2.14. The zero-order valence-corrected chi connectivity index (χ0v) is 11.3. The predicted molar refractivity (Wildman–Crippen MR) is 75.9 cm³/mol. The number of carbonyl (C=O) groups is 1. The third-order valence-corrected chi connectivity index (χ3v) is 3.63. The van der Waals surface area contributed by atoms with Gasteiger partial charge in [0.25, 0.3) is 5.91 Å². The Balaban J connectivity index is 2.02. The second-order valence-corrected chi connectivity index (χ2v) is 5.04. The molecule has 2 heterocycles. The van der Waals surface area contributed by atoms with Crippen molar-refractivity contribution in [2.45, 2.75) is 13.0 Å². The van der Waals surface area contributed by atoms with Crippen molar-refractivity contribution in [3.63, 3.8) is 0 Å². The summed E-state index contributed by atoms with van der Waals surface area (Å²) >= 11 is 0. The molecule has 1 aliphatic heterocycles. The van der Waals surface area contributed by atoms with Crippen LogP contribution < -0.4 is 10.9 Å². The van der Waals surface area contributed by atoms with Gasteiger partial charge in [0.1, 0.15) is 11.1 Å². The first kappa shape index (κ1) is 12.9. The van der Waals surface area contributed by atoms with Gasteiger partial charge in [-0.25, -0.2) is 4.79 Å². The van der Waals surface area contributed by atoms with Gasteiger partial charge in [0.05, 0.1) is 0 Å². The number of benzene rings is 1. The smallest absolute Gasteiger partial charge is 0.349 e. The fraction of sp³-hybridized carbons (Fsp3) is 0.333. The number of piperazine rings is 1. The molecule has 1 N–H and O–H groups in total. The summed E-state index contributed by atoms with van der Waals surface area (Å²) in [7, 11) is 0. The van der Waals surface area contributed by atoms with Gasteiger partial charge in [0.15, 0.2) is 0 Å². The number of nitrogens with one attached hydrogen (secondary N) is 1. The van der Waals surface area contributed by atoms with Crippen molar-refractivity contribution >= 4 is 16.9 Å². The van der Waals surface area contributed by atoms with E-state index in [1.165, 1.54) is 0 Å². The van der Waals surface area contributed by atoms with E-state index in [1.807, 2.05) is 19.1 Å². The minimum Gasteiger partial charge on any atom is -0.422 e. The van der Waals surface area contributed by atoms with Gasteiger partial charge >= 0.3 is 5.63 Å². The molecule has 0 saturated carbocycles. The molecule has 0 spiro atoms. The average molecular weight is 272 g/mol. The van der Waals surface area contributed by atoms with Crippen molar-refractivity contribution < 1.29 is 9.21 Å². The lowest BCUT2D eigenvalue weighted by molar-refractivity contribution is 0.0651. The van der Waals surface area contributed by atoms with Gasteiger partial charge in [-0.3, -0.25) is 4.79 Å². The lowest BCUT2D eigenvalue weighted by Crippen LogP contribution is -2.52. The van der Waals surface area contributed by atoms with Crippen LogP contribution in [0.4, 0.5) is 0 Å². The van der Waals surface area contributed by atoms with Crippen LogP contribution in [0.2, 0.25) is 0 Å². The van der Waals surface area contributed by atoms with Crippen molar-refractivity contribution in [2.24, 2.45) is 0 Å². The van der Waals surface area contributed by atoms with Crippen LogP contribution in [0.5, 0.6) is 0 Å². The van der Waals surface area contributed by atoms with Crippen molar-refractivity contribution in [3.8, 4) is 0 Å². The molecule has 1 atom stereocenters. The highest BCUT2D eigenvalue weighted by atomic mass is 16.4. The summed E-state index contributed by atoms with van der Waals surface area (Å²) in [5, 5.41) is 3.98. The molecule has 2 aromatic rings. The van der Waals surface area contributed by atoms with Crippen molar-refractivity contribution in [1.29, 1.82) is 0 Å². The first-order chi connectivity index (χ1) is 9.66. The predicted octanol–water partition coefficient (Wildman–Crippen LogP) is 1.23. The molecule has 1 aromatic heterocycles. The number of amides is 1. The zero-order valence-electron chi connectivity index (χ0n) is 11.3. The van der Waals surface area contributed by atoms with Crippen LogP contribution in [0.3, 0.4) is 0 Å². The molecule has 5 nitrogen and oxygen atoms in total. The minimum atomic E-state index is -0.570. The van der Waals surface area contributed by atoms with E-state index in [0.717, 1.165) is 18.5 Å². The summed E-state index contributed by atoms with van der Waals surface area (Å²) in [6.07, 6.45) is 0. The molecular weight excluding hydrogens is 256 g/mol. The maximum absolute atomic E-state index is 12.5. The Morgan fingerprint density at radius 3 is 3.00 bits per heavy atom. The van der Waals surface area contributed by atoms with Gasteiger partial charge in [-0.15, -0.1) is 0 Å². The molecule has 0 aliphatic carbocycles. The standard InChI is InChI=1S/C15H16N2O3/c1-10-9-16-6-7-17(10)14(18)12-8-11-4-2-3-5-13(11)20-15(12)19/h2-5,8,10,16H,6-7,9H2,1H3. The van der Waals surface area contributed by atoms with Gasteiger partial charge in [0, 0.05) is 31.1 Å². The summed E-state index contributed by atoms with van der Waals surface area (Å²) in [6, 6.07) is 8.89. The van der Waals surface area contributed by atoms with Crippen LogP contribution in [-0.4, -0.2) is 36.5 Å². The Morgan fingerprint density at radius 2 is 2.20 bits per heavy atom. The Bertz CT molecular complexity index is 708. The van der Waals surface area contributed by atoms with Crippen LogP contribution >= 0.6 is 0 Å². The summed E-state index contributed by atoms with van der Waals surface area (Å²) in [4.78, 5) is 26.2. The molecule has 5 heteroatoms. The molecule has 1 unspecified atom stereocenters. The van der Waals surface area contributed by atoms with E-state index >= 15 is 0 Å². The maximum atomic E-state index is 12.5. The first-order valence-corrected chi connectivity index (χ1v) is 6.71. The highest BCUT2D eigenvalue weighted by molar-refractivity contribution is 5.96. The first-order valence-electron chi connectivity index (χ1n) is 6.71. The summed E-state index contributed by atoms with van der Waals surface area (Å²) in [5.41, 5.74) is 0.0410. The van der Waals surface area contributed by atoms with Crippen molar-refractivity contribution in [1.82, 2.24) is 10.2 Å². The van der Waals surface area contributed by atoms with E-state index < -0.39 is 5.63 Å². The van der Waals surface area contributed by atoms with Gasteiger partial charge in [0.2, 0.25) is 0 Å². The van der Waals surface area contributed by atoms with Gasteiger partial charge in [-0.2, -0.15) is 0 Å². The highest BCUT2D eigenvalue weighted by Gasteiger charge is 2.26. The topological polar surface area (TPSA) is 62.6 Å². The SMILES string of the molecule is CC1CNCCN1C(=O)c1cc2ccccc2oc1=O. The average Bonchev–Trinajstić information content (AvgIpc) is 2.46. The Morgan fingerprint density at radius 1 is 1.40 bits per heavy atom. The van der Waals surface area contributed by atoms with E-state index in [0.29, 0.717) is 12.1 Å². The quantitative estimate of drug-likeness (QED) is 0.793. The molecule has 0 bridgehead atoms. The van der Waals surface area contributed by atoms with Crippen molar-refractivity contribution in [3.05, 3.63) is 46.3 Å². The monoisotopic (exact) mass is 272 g/mol. The second kappa shape index (κ2) is 5.09. The number of carbonyl (C=O) groups excluding carboxylic acids is 1. The zero-order chi connectivity index (χ0) is 14.1. The number of hydrogen-bond donors (Lipinski definition) is 1. The maximum Gasteiger partial charge on any atom is 0.349 e. The number of para-hydroxylation sites is 1. The molecule has 104 valence electrons. The molecule has 1 amide bonds. The third-order valence-electron chi connectivity index (χ3n) is 3.63. The molecule has 1 aromatic carbocycles. The van der Waals surface area contributed by atoms with E-state index in [9.17, 15) is 9.59 Å². The van der Waals surface area contributed by atoms with Crippen LogP contribution in [0.15, 0.2) is 39.5 Å². The van der Waals surface area contributed by atoms with Crippen LogP contribution in [0, 0.1) is 0 Å². The van der Waals surface area contributed by atoms with Gasteiger partial charge in [-0.05, 0) is 19.1 Å². The van der Waals surface area contributed by atoms with Crippen LogP contribution in [0.25, 0.3) is 11.0 Å². The number of fused-ring (bicyclic) bond motifs is 1. The molecular formula is C15H16N2O3. The largest absolute Gasteiger partial charge is 0.422 e. The van der Waals surface area contributed by atoms with E-state index in [2.05, 4.69) is 5.32 Å². The lowest BCUT2D eigenvalue weighted by Gasteiger charge is -2.33. The fourth-order valence-corrected chi connectivity index (χ4v) is 2.51. The minimum absolute atomic E-state index is 0.0714. The molecule has 20 heavy (non-hydrogen) atoms. The van der Waals surface area contributed by atoms with Gasteiger partial charge in [-0.1, -0.05) is 18.2 Å². The van der Waals surface area contributed by atoms with E-state index in [1.54, 1.807) is 23.1 Å². The number of nitrogens with zero attached hydrogens (tertiary/aromatic N) is 1. The Kier molecular flexibility index (Phi) is 3.28. The van der Waals surface area contributed by atoms with E-state index in [4.69, 9.17) is 4.42 Å². The van der Waals surface area contributed by atoms with Crippen molar-refractivity contribution in [2.75, 3.05) is 19.6 Å². The van der Waals surface area contributed by atoms with Crippen LogP contribution in [0.1, 0.15) is 17.3 Å². The fourth-order valence-electron chi connectivity index (χ4n) is 2.51. The summed E-state index contributed by atoms with van der Waals surface area (Å²) in [5.74, 6) is -0.251. The van der Waals surface area contributed by atoms with Gasteiger partial charge < -0.3 is 14.6 Å². The molecule has 0 radical (unpaired) electrons. The molecule has 1 fully saturated rings. The third kappa shape index (κ3) is 2.20. The molecule has 3 rings (SSSR count). The number of rotatable bonds is 1. The molecule has 1 aliphatic rings. The second-order valence-electron chi connectivity index (χ2n) is 5.04.